The lowest BCUT2D eigenvalue weighted by molar-refractivity contribution is -0.246. The van der Waals surface area contributed by atoms with Crippen LogP contribution < -0.4 is 0 Å². The number of hydrogen-bond acceptors (Lipinski definition) is 2. The predicted octanol–water partition coefficient (Wildman–Crippen LogP) is 6.11. The summed E-state index contributed by atoms with van der Waals surface area (Å²) >= 11 is 0. The first-order valence-electron chi connectivity index (χ1n) is 9.81. The number of unbranched alkanes of at least 4 members (excludes halogenated alkanes) is 14. The van der Waals surface area contributed by atoms with E-state index in [-0.39, 0.29) is 0 Å². The summed E-state index contributed by atoms with van der Waals surface area (Å²) in [5.74, 6) is 0. The van der Waals surface area contributed by atoms with Crippen molar-refractivity contribution >= 4 is 0 Å². The van der Waals surface area contributed by atoms with Gasteiger partial charge < -0.3 is 0 Å². The summed E-state index contributed by atoms with van der Waals surface area (Å²) in [4.78, 5) is 5.28. The Kier molecular flexibility index (Phi) is 13.4. The Morgan fingerprint density at radius 3 is 1.33 bits per heavy atom. The molecule has 0 N–H and O–H groups in total. The molecule has 1 fully saturated rings. The normalized spacial score (nSPS) is 15.3. The molecule has 1 heterocycles. The molecule has 0 unspecified atom stereocenters. The van der Waals surface area contributed by atoms with E-state index >= 15 is 0 Å². The minimum atomic E-state index is 0.943. The van der Waals surface area contributed by atoms with Gasteiger partial charge in [0.05, 0.1) is 6.61 Å². The van der Waals surface area contributed by atoms with Crippen LogP contribution in [0.4, 0.5) is 0 Å². The molecular weight excluding hydrogens is 258 g/mol. The molecule has 2 nitrogen and oxygen atoms in total. The minimum absolute atomic E-state index is 0.943. The van der Waals surface area contributed by atoms with Gasteiger partial charge in [-0.05, 0) is 6.42 Å². The number of hydroxylamine groups is 2. The first-order valence-corrected chi connectivity index (χ1v) is 9.81. The zero-order valence-electron chi connectivity index (χ0n) is 14.6. The van der Waals surface area contributed by atoms with Crippen molar-refractivity contribution in [2.75, 3.05) is 19.7 Å². The third-order valence-electron chi connectivity index (χ3n) is 4.63. The van der Waals surface area contributed by atoms with Crippen molar-refractivity contribution in [1.29, 1.82) is 0 Å². The van der Waals surface area contributed by atoms with Gasteiger partial charge in [0.25, 0.3) is 0 Å². The van der Waals surface area contributed by atoms with Gasteiger partial charge in [-0.15, -0.1) is 0 Å². The van der Waals surface area contributed by atoms with Gasteiger partial charge in [0.1, 0.15) is 0 Å². The maximum Gasteiger partial charge on any atom is 0.0835 e. The minimum Gasteiger partial charge on any atom is -0.297 e. The Balaban J connectivity index is 1.61. The van der Waals surface area contributed by atoms with Crippen molar-refractivity contribution in [3.63, 3.8) is 0 Å². The molecule has 2 heteroatoms. The molecule has 1 aliphatic rings. The topological polar surface area (TPSA) is 12.5 Å². The Hall–Kier alpha value is -0.0800. The molecule has 1 saturated heterocycles. The lowest BCUT2D eigenvalue weighted by Crippen LogP contribution is -2.39. The molecule has 0 aromatic carbocycles. The standard InChI is InChI=1S/C19H39NO/c1-2-3-4-5-6-7-8-9-10-11-12-13-14-15-16-17-20-18-19-21-20/h2-19H2,1H3. The molecule has 0 atom stereocenters. The average molecular weight is 298 g/mol. The molecular formula is C19H39NO. The van der Waals surface area contributed by atoms with E-state index in [0.717, 1.165) is 19.7 Å². The van der Waals surface area contributed by atoms with Gasteiger partial charge in [-0.3, -0.25) is 4.84 Å². The number of nitrogens with zero attached hydrogens (tertiary/aromatic N) is 1. The smallest absolute Gasteiger partial charge is 0.0835 e. The van der Waals surface area contributed by atoms with Crippen LogP contribution in [0.25, 0.3) is 0 Å². The molecule has 0 spiro atoms. The largest absolute Gasteiger partial charge is 0.297 e. The summed E-state index contributed by atoms with van der Waals surface area (Å²) in [7, 11) is 0. The molecule has 0 aromatic heterocycles. The molecule has 1 rings (SSSR count). The van der Waals surface area contributed by atoms with Crippen molar-refractivity contribution in [1.82, 2.24) is 5.06 Å². The monoisotopic (exact) mass is 297 g/mol. The maximum atomic E-state index is 5.28. The zero-order chi connectivity index (χ0) is 15.0. The second kappa shape index (κ2) is 14.8. The Labute approximate surface area is 133 Å². The van der Waals surface area contributed by atoms with Crippen molar-refractivity contribution in [2.24, 2.45) is 0 Å². The van der Waals surface area contributed by atoms with Crippen LogP contribution in [-0.2, 0) is 4.84 Å². The van der Waals surface area contributed by atoms with E-state index in [1.165, 1.54) is 96.3 Å². The number of hydrogen-bond donors (Lipinski definition) is 0. The molecule has 0 amide bonds. The summed E-state index contributed by atoms with van der Waals surface area (Å²) in [5.41, 5.74) is 0. The van der Waals surface area contributed by atoms with E-state index in [2.05, 4.69) is 12.0 Å². The van der Waals surface area contributed by atoms with Crippen LogP contribution in [0.15, 0.2) is 0 Å². The van der Waals surface area contributed by atoms with Gasteiger partial charge in [0.15, 0.2) is 0 Å². The summed E-state index contributed by atoms with van der Waals surface area (Å²) in [6, 6.07) is 0. The highest BCUT2D eigenvalue weighted by Crippen LogP contribution is 2.13. The van der Waals surface area contributed by atoms with Gasteiger partial charge >= 0.3 is 0 Å². The molecule has 1 aliphatic heterocycles. The van der Waals surface area contributed by atoms with E-state index in [0.29, 0.717) is 0 Å². The van der Waals surface area contributed by atoms with Crippen LogP contribution in [0.2, 0.25) is 0 Å². The Morgan fingerprint density at radius 2 is 1.00 bits per heavy atom. The van der Waals surface area contributed by atoms with Crippen LogP contribution in [0.5, 0.6) is 0 Å². The second-order valence-electron chi connectivity index (χ2n) is 6.71. The quantitative estimate of drug-likeness (QED) is 0.319. The van der Waals surface area contributed by atoms with Gasteiger partial charge in [0.2, 0.25) is 0 Å². The Morgan fingerprint density at radius 1 is 0.619 bits per heavy atom. The molecule has 0 saturated carbocycles. The van der Waals surface area contributed by atoms with E-state index in [4.69, 9.17) is 4.84 Å². The highest BCUT2D eigenvalue weighted by Gasteiger charge is 2.12. The van der Waals surface area contributed by atoms with Crippen molar-refractivity contribution in [3.05, 3.63) is 0 Å². The van der Waals surface area contributed by atoms with Crippen LogP contribution in [0.1, 0.15) is 103 Å². The van der Waals surface area contributed by atoms with Crippen LogP contribution in [0, 0.1) is 0 Å². The fourth-order valence-corrected chi connectivity index (χ4v) is 3.06. The van der Waals surface area contributed by atoms with Crippen molar-refractivity contribution < 1.29 is 4.84 Å². The van der Waals surface area contributed by atoms with Crippen LogP contribution >= 0.6 is 0 Å². The fourth-order valence-electron chi connectivity index (χ4n) is 3.06. The van der Waals surface area contributed by atoms with Crippen LogP contribution in [0.3, 0.4) is 0 Å². The van der Waals surface area contributed by atoms with Gasteiger partial charge in [-0.1, -0.05) is 96.8 Å². The van der Waals surface area contributed by atoms with E-state index < -0.39 is 0 Å². The Bertz CT molecular complexity index is 204. The van der Waals surface area contributed by atoms with Gasteiger partial charge in [0, 0.05) is 13.1 Å². The van der Waals surface area contributed by atoms with Crippen molar-refractivity contribution in [3.8, 4) is 0 Å². The van der Waals surface area contributed by atoms with E-state index in [9.17, 15) is 0 Å². The van der Waals surface area contributed by atoms with Gasteiger partial charge in [-0.2, -0.15) is 5.06 Å². The molecule has 0 bridgehead atoms. The molecule has 126 valence electrons. The fraction of sp³-hybridized carbons (Fsp3) is 1.00. The third-order valence-corrected chi connectivity index (χ3v) is 4.63. The summed E-state index contributed by atoms with van der Waals surface area (Å²) < 4.78 is 0. The molecule has 0 radical (unpaired) electrons. The summed E-state index contributed by atoms with van der Waals surface area (Å²) in [5, 5.41) is 2.10. The summed E-state index contributed by atoms with van der Waals surface area (Å²) in [6.07, 6.45) is 21.6. The first-order chi connectivity index (χ1) is 10.4. The second-order valence-corrected chi connectivity index (χ2v) is 6.71. The molecule has 0 aliphatic carbocycles. The van der Waals surface area contributed by atoms with E-state index in [1.54, 1.807) is 0 Å². The first kappa shape index (κ1) is 19.0. The number of rotatable bonds is 16. The van der Waals surface area contributed by atoms with Crippen LogP contribution in [-0.4, -0.2) is 24.8 Å². The van der Waals surface area contributed by atoms with E-state index in [1.807, 2.05) is 0 Å². The lowest BCUT2D eigenvalue weighted by Gasteiger charge is -2.29. The predicted molar refractivity (Wildman–Crippen MR) is 92.5 cm³/mol. The highest BCUT2D eigenvalue weighted by molar-refractivity contribution is 4.54. The summed E-state index contributed by atoms with van der Waals surface area (Å²) in [6.45, 7) is 5.54. The van der Waals surface area contributed by atoms with Gasteiger partial charge in [-0.25, -0.2) is 0 Å². The third kappa shape index (κ3) is 12.2. The zero-order valence-corrected chi connectivity index (χ0v) is 14.6. The van der Waals surface area contributed by atoms with Crippen molar-refractivity contribution in [2.45, 2.75) is 103 Å². The lowest BCUT2D eigenvalue weighted by atomic mass is 10.0. The highest BCUT2D eigenvalue weighted by atomic mass is 16.7. The molecule has 21 heavy (non-hydrogen) atoms. The maximum absolute atomic E-state index is 5.28. The SMILES string of the molecule is CCCCCCCCCCCCCCCCCN1CCO1. The molecule has 0 aromatic rings. The average Bonchev–Trinajstić information content (AvgIpc) is 2.45.